The third kappa shape index (κ3) is 5.52. The Labute approximate surface area is 150 Å². The number of nitrogens with zero attached hydrogens (tertiary/aromatic N) is 1. The van der Waals surface area contributed by atoms with Gasteiger partial charge in [-0.2, -0.15) is 0 Å². The minimum atomic E-state index is -0.963. The van der Waals surface area contributed by atoms with Gasteiger partial charge >= 0.3 is 0 Å². The van der Waals surface area contributed by atoms with Gasteiger partial charge in [-0.15, -0.1) is 11.8 Å². The fourth-order valence-electron chi connectivity index (χ4n) is 1.82. The van der Waals surface area contributed by atoms with Gasteiger partial charge in [-0.25, -0.2) is 8.78 Å². The maximum absolute atomic E-state index is 13.1. The van der Waals surface area contributed by atoms with Crippen LogP contribution in [0.25, 0.3) is 0 Å². The van der Waals surface area contributed by atoms with E-state index in [1.807, 2.05) is 0 Å². The summed E-state index contributed by atoms with van der Waals surface area (Å²) in [6.45, 7) is 0. The first kappa shape index (κ1) is 19.3. The van der Waals surface area contributed by atoms with Gasteiger partial charge in [-0.3, -0.25) is 30.6 Å². The monoisotopic (exact) mass is 381 g/mol. The highest BCUT2D eigenvalue weighted by atomic mass is 32.2. The van der Waals surface area contributed by atoms with E-state index >= 15 is 0 Å². The third-order valence-corrected chi connectivity index (χ3v) is 4.14. The second-order valence-electron chi connectivity index (χ2n) is 4.98. The van der Waals surface area contributed by atoms with Gasteiger partial charge in [0.15, 0.2) is 11.6 Å². The van der Waals surface area contributed by atoms with Crippen molar-refractivity contribution in [1.29, 1.82) is 0 Å². The number of carbonyl (C=O) groups is 2. The Kier molecular flexibility index (Phi) is 6.61. The summed E-state index contributed by atoms with van der Waals surface area (Å²) >= 11 is 1.16. The molecular weight excluding hydrogens is 368 g/mol. The quantitative estimate of drug-likeness (QED) is 0.455. The van der Waals surface area contributed by atoms with E-state index in [1.165, 1.54) is 30.3 Å². The first-order valence-corrected chi connectivity index (χ1v) is 8.27. The van der Waals surface area contributed by atoms with Crippen LogP contribution >= 0.6 is 11.8 Å². The fourth-order valence-corrected chi connectivity index (χ4v) is 2.70. The van der Waals surface area contributed by atoms with Crippen LogP contribution in [0.1, 0.15) is 16.8 Å². The molecule has 0 heterocycles. The van der Waals surface area contributed by atoms with Crippen LogP contribution in [0.2, 0.25) is 0 Å². The number of hydrazine groups is 1. The zero-order valence-electron chi connectivity index (χ0n) is 13.2. The molecule has 0 atom stereocenters. The number of halogens is 2. The van der Waals surface area contributed by atoms with E-state index in [0.29, 0.717) is 10.6 Å². The largest absolute Gasteiger partial charge is 0.273 e. The molecule has 0 aromatic heterocycles. The Morgan fingerprint density at radius 3 is 2.35 bits per heavy atom. The molecule has 10 heteroatoms. The van der Waals surface area contributed by atoms with Crippen molar-refractivity contribution in [1.82, 2.24) is 10.9 Å². The Morgan fingerprint density at radius 2 is 1.73 bits per heavy atom. The van der Waals surface area contributed by atoms with Gasteiger partial charge in [0.1, 0.15) is 0 Å². The molecule has 0 spiro atoms. The predicted molar refractivity (Wildman–Crippen MR) is 90.4 cm³/mol. The summed E-state index contributed by atoms with van der Waals surface area (Å²) in [5, 5.41) is 10.5. The molecule has 0 saturated carbocycles. The van der Waals surface area contributed by atoms with E-state index in [1.54, 1.807) is 0 Å². The topological polar surface area (TPSA) is 101 Å². The number of rotatable bonds is 6. The van der Waals surface area contributed by atoms with Gasteiger partial charge in [-0.05, 0) is 30.3 Å². The summed E-state index contributed by atoms with van der Waals surface area (Å²) in [6.07, 6.45) is 0.0319. The molecule has 0 unspecified atom stereocenters. The van der Waals surface area contributed by atoms with Gasteiger partial charge < -0.3 is 0 Å². The van der Waals surface area contributed by atoms with Crippen molar-refractivity contribution in [2.75, 3.05) is 5.75 Å². The van der Waals surface area contributed by atoms with Crippen molar-refractivity contribution in [3.63, 3.8) is 0 Å². The van der Waals surface area contributed by atoms with Gasteiger partial charge in [-0.1, -0.05) is 0 Å². The van der Waals surface area contributed by atoms with Crippen molar-refractivity contribution in [3.05, 3.63) is 69.8 Å². The zero-order chi connectivity index (χ0) is 19.1. The highest BCUT2D eigenvalue weighted by Crippen LogP contribution is 2.20. The predicted octanol–water partition coefficient (Wildman–Crippen LogP) is 2.82. The summed E-state index contributed by atoms with van der Waals surface area (Å²) in [5.41, 5.74) is 4.38. The number of benzene rings is 2. The van der Waals surface area contributed by atoms with Gasteiger partial charge in [0.25, 0.3) is 11.6 Å². The summed E-state index contributed by atoms with van der Waals surface area (Å²) < 4.78 is 25.9. The Hall–Kier alpha value is -3.01. The van der Waals surface area contributed by atoms with Gasteiger partial charge in [0.2, 0.25) is 5.91 Å². The molecule has 0 aliphatic rings. The number of hydrogen-bond donors (Lipinski definition) is 2. The average Bonchev–Trinajstić information content (AvgIpc) is 2.62. The van der Waals surface area contributed by atoms with Crippen molar-refractivity contribution < 1.29 is 23.3 Å². The van der Waals surface area contributed by atoms with E-state index in [-0.39, 0.29) is 17.7 Å². The summed E-state index contributed by atoms with van der Waals surface area (Å²) in [6, 6.07) is 8.31. The van der Waals surface area contributed by atoms with E-state index in [2.05, 4.69) is 10.9 Å². The molecule has 0 saturated heterocycles. The molecule has 0 bridgehead atoms. The normalized spacial score (nSPS) is 10.2. The van der Waals surface area contributed by atoms with Crippen LogP contribution in [0.5, 0.6) is 0 Å². The maximum Gasteiger partial charge on any atom is 0.269 e. The molecular formula is C16H13F2N3O4S. The highest BCUT2D eigenvalue weighted by Gasteiger charge is 2.10. The number of nitro benzene ring substituents is 1. The lowest BCUT2D eigenvalue weighted by molar-refractivity contribution is -0.384. The lowest BCUT2D eigenvalue weighted by Crippen LogP contribution is -2.41. The summed E-state index contributed by atoms with van der Waals surface area (Å²) in [4.78, 5) is 33.9. The van der Waals surface area contributed by atoms with Crippen molar-refractivity contribution in [3.8, 4) is 0 Å². The van der Waals surface area contributed by atoms with Gasteiger partial charge in [0, 0.05) is 34.8 Å². The molecule has 7 nitrogen and oxygen atoms in total. The van der Waals surface area contributed by atoms with Crippen molar-refractivity contribution >= 4 is 29.3 Å². The first-order chi connectivity index (χ1) is 12.4. The fraction of sp³-hybridized carbons (Fsp3) is 0.125. The molecule has 0 aliphatic carbocycles. The van der Waals surface area contributed by atoms with Crippen LogP contribution in [0.4, 0.5) is 14.5 Å². The SMILES string of the molecule is O=C(CCSc1ccc(F)c(F)c1)NNC(=O)c1ccc([N+](=O)[O-])cc1. The first-order valence-electron chi connectivity index (χ1n) is 7.28. The number of amides is 2. The average molecular weight is 381 g/mol. The summed E-state index contributed by atoms with van der Waals surface area (Å²) in [7, 11) is 0. The van der Waals surface area contributed by atoms with Crippen LogP contribution in [-0.2, 0) is 4.79 Å². The van der Waals surface area contributed by atoms with Gasteiger partial charge in [0.05, 0.1) is 4.92 Å². The molecule has 2 amide bonds. The smallest absolute Gasteiger partial charge is 0.269 e. The number of non-ortho nitro benzene ring substituents is 1. The Bertz CT molecular complexity index is 831. The Balaban J connectivity index is 1.74. The van der Waals surface area contributed by atoms with Crippen LogP contribution in [0.15, 0.2) is 47.4 Å². The standard InChI is InChI=1S/C16H13F2N3O4S/c17-13-6-5-12(9-14(13)18)26-8-7-15(22)19-20-16(23)10-1-3-11(4-2-10)21(24)25/h1-6,9H,7-8H2,(H,19,22)(H,20,23). The molecule has 136 valence electrons. The number of hydrogen-bond acceptors (Lipinski definition) is 5. The molecule has 2 aromatic rings. The molecule has 26 heavy (non-hydrogen) atoms. The zero-order valence-corrected chi connectivity index (χ0v) is 14.0. The Morgan fingerprint density at radius 1 is 1.04 bits per heavy atom. The van der Waals surface area contributed by atoms with Crippen LogP contribution < -0.4 is 10.9 Å². The van der Waals surface area contributed by atoms with E-state index in [4.69, 9.17) is 0 Å². The molecule has 0 fully saturated rings. The highest BCUT2D eigenvalue weighted by molar-refractivity contribution is 7.99. The number of nitro groups is 1. The second kappa shape index (κ2) is 8.90. The minimum absolute atomic E-state index is 0.0319. The molecule has 0 aliphatic heterocycles. The molecule has 0 radical (unpaired) electrons. The lowest BCUT2D eigenvalue weighted by atomic mass is 10.2. The van der Waals surface area contributed by atoms with E-state index < -0.39 is 28.4 Å². The number of thioether (sulfide) groups is 1. The van der Waals surface area contributed by atoms with Crippen molar-refractivity contribution in [2.45, 2.75) is 11.3 Å². The van der Waals surface area contributed by atoms with Crippen LogP contribution in [0, 0.1) is 21.7 Å². The molecule has 2 rings (SSSR count). The second-order valence-corrected chi connectivity index (χ2v) is 6.15. The minimum Gasteiger partial charge on any atom is -0.273 e. The number of nitrogens with one attached hydrogen (secondary N) is 2. The van der Waals surface area contributed by atoms with E-state index in [9.17, 15) is 28.5 Å². The molecule has 2 aromatic carbocycles. The summed E-state index contributed by atoms with van der Waals surface area (Å²) in [5.74, 6) is -2.71. The molecule has 2 N–H and O–H groups in total. The third-order valence-electron chi connectivity index (χ3n) is 3.14. The maximum atomic E-state index is 13.1. The van der Waals surface area contributed by atoms with Crippen LogP contribution in [0.3, 0.4) is 0 Å². The van der Waals surface area contributed by atoms with Crippen LogP contribution in [-0.4, -0.2) is 22.5 Å². The van der Waals surface area contributed by atoms with E-state index in [0.717, 1.165) is 23.9 Å². The van der Waals surface area contributed by atoms with Crippen molar-refractivity contribution in [2.24, 2.45) is 0 Å². The lowest BCUT2D eigenvalue weighted by Gasteiger charge is -2.07. The number of carbonyl (C=O) groups excluding carboxylic acids is 2.